The van der Waals surface area contributed by atoms with Crippen molar-refractivity contribution in [2.24, 2.45) is 0 Å². The number of benzene rings is 1. The predicted octanol–water partition coefficient (Wildman–Crippen LogP) is 3.10. The molecule has 0 fully saturated rings. The Morgan fingerprint density at radius 3 is 2.61 bits per heavy atom. The summed E-state index contributed by atoms with van der Waals surface area (Å²) < 4.78 is 2.38. The van der Waals surface area contributed by atoms with E-state index in [2.05, 4.69) is 21.0 Å². The highest BCUT2D eigenvalue weighted by molar-refractivity contribution is 9.10. The van der Waals surface area contributed by atoms with Crippen molar-refractivity contribution >= 4 is 33.0 Å². The van der Waals surface area contributed by atoms with Gasteiger partial charge in [-0.25, -0.2) is 9.42 Å². The average Bonchev–Trinajstić information content (AvgIpc) is 2.96. The molecule has 6 nitrogen and oxygen atoms in total. The Kier molecular flexibility index (Phi) is 3.80. The molecule has 0 saturated heterocycles. The van der Waals surface area contributed by atoms with E-state index >= 15 is 0 Å². The summed E-state index contributed by atoms with van der Waals surface area (Å²) in [6.07, 6.45) is 5.16. The lowest BCUT2D eigenvalue weighted by atomic mass is 10.2. The Hall–Kier alpha value is -3.16. The molecule has 3 aromatic rings. The lowest BCUT2D eigenvalue weighted by Crippen LogP contribution is -2.25. The third kappa shape index (κ3) is 2.66. The highest BCUT2D eigenvalue weighted by Gasteiger charge is 2.18. The molecule has 7 heteroatoms. The van der Waals surface area contributed by atoms with E-state index in [0.29, 0.717) is 16.8 Å². The lowest BCUT2D eigenvalue weighted by molar-refractivity contribution is 0.0999. The molecule has 2 heterocycles. The van der Waals surface area contributed by atoms with Crippen LogP contribution in [0.1, 0.15) is 15.9 Å². The van der Waals surface area contributed by atoms with Crippen molar-refractivity contribution in [2.75, 3.05) is 4.90 Å². The molecule has 1 amide bonds. The zero-order valence-electron chi connectivity index (χ0n) is 11.6. The Labute approximate surface area is 139 Å². The van der Waals surface area contributed by atoms with Gasteiger partial charge in [0.05, 0.1) is 33.5 Å². The zero-order chi connectivity index (χ0) is 16.4. The Morgan fingerprint density at radius 1 is 1.22 bits per heavy atom. The third-order valence-electron chi connectivity index (χ3n) is 3.28. The van der Waals surface area contributed by atoms with Crippen LogP contribution in [-0.2, 0) is 0 Å². The molecule has 0 aliphatic heterocycles. The Balaban J connectivity index is 1.99. The van der Waals surface area contributed by atoms with Crippen molar-refractivity contribution in [2.45, 2.75) is 0 Å². The number of halogens is 1. The molecule has 0 aliphatic rings. The minimum absolute atomic E-state index is 0.365. The van der Waals surface area contributed by atoms with Gasteiger partial charge in [0.2, 0.25) is 0 Å². The van der Waals surface area contributed by atoms with E-state index in [1.165, 1.54) is 0 Å². The van der Waals surface area contributed by atoms with Crippen molar-refractivity contribution in [3.05, 3.63) is 64.4 Å². The standard InChI is InChI=1S/C16H8BrN5O/c17-14-9-20-22-6-5-12(7-15(14)22)16(23)21(10-19)13-3-1-11(8-18)2-4-13/h1-7,9H. The van der Waals surface area contributed by atoms with Crippen LogP contribution in [0.15, 0.2) is 53.3 Å². The summed E-state index contributed by atoms with van der Waals surface area (Å²) in [6, 6.07) is 11.5. The molecular formula is C16H8BrN5O. The number of hydrogen-bond acceptors (Lipinski definition) is 4. The summed E-state index contributed by atoms with van der Waals surface area (Å²) in [5, 5.41) is 22.2. The van der Waals surface area contributed by atoms with Crippen molar-refractivity contribution in [1.29, 1.82) is 10.5 Å². The van der Waals surface area contributed by atoms with Crippen LogP contribution in [0.25, 0.3) is 5.52 Å². The minimum atomic E-state index is -0.451. The van der Waals surface area contributed by atoms with E-state index in [1.807, 2.05) is 12.3 Å². The van der Waals surface area contributed by atoms with Gasteiger partial charge in [0.25, 0.3) is 5.91 Å². The number of hydrogen-bond donors (Lipinski definition) is 0. The van der Waals surface area contributed by atoms with Gasteiger partial charge in [0.1, 0.15) is 0 Å². The van der Waals surface area contributed by atoms with E-state index in [0.717, 1.165) is 14.9 Å². The molecule has 0 saturated carbocycles. The summed E-state index contributed by atoms with van der Waals surface area (Å²) in [6.45, 7) is 0. The van der Waals surface area contributed by atoms with E-state index in [1.54, 1.807) is 53.3 Å². The number of pyridine rings is 1. The number of amides is 1. The fourth-order valence-corrected chi connectivity index (χ4v) is 2.51. The van der Waals surface area contributed by atoms with Gasteiger partial charge in [-0.05, 0) is 52.3 Å². The topological polar surface area (TPSA) is 85.2 Å². The highest BCUT2D eigenvalue weighted by Crippen LogP contribution is 2.21. The van der Waals surface area contributed by atoms with Crippen LogP contribution in [0, 0.1) is 22.8 Å². The van der Waals surface area contributed by atoms with Crippen LogP contribution in [0.4, 0.5) is 5.69 Å². The molecule has 3 rings (SSSR count). The second kappa shape index (κ2) is 5.91. The van der Waals surface area contributed by atoms with Crippen LogP contribution in [0.3, 0.4) is 0 Å². The summed E-state index contributed by atoms with van der Waals surface area (Å²) in [5.74, 6) is -0.451. The largest absolute Gasteiger partial charge is 0.271 e. The van der Waals surface area contributed by atoms with Crippen molar-refractivity contribution in [3.8, 4) is 12.3 Å². The Morgan fingerprint density at radius 2 is 1.96 bits per heavy atom. The summed E-state index contributed by atoms with van der Waals surface area (Å²) >= 11 is 3.36. The number of carbonyl (C=O) groups excluding carboxylic acids is 1. The molecule has 0 aliphatic carbocycles. The van der Waals surface area contributed by atoms with Gasteiger partial charge in [0.15, 0.2) is 6.19 Å². The minimum Gasteiger partial charge on any atom is -0.268 e. The van der Waals surface area contributed by atoms with Crippen molar-refractivity contribution in [1.82, 2.24) is 9.61 Å². The number of anilines is 1. The van der Waals surface area contributed by atoms with Gasteiger partial charge in [-0.15, -0.1) is 0 Å². The first kappa shape index (κ1) is 14.8. The lowest BCUT2D eigenvalue weighted by Gasteiger charge is -2.14. The number of nitrogens with zero attached hydrogens (tertiary/aromatic N) is 5. The second-order valence-electron chi connectivity index (χ2n) is 4.64. The average molecular weight is 366 g/mol. The van der Waals surface area contributed by atoms with Gasteiger partial charge in [-0.2, -0.15) is 15.6 Å². The molecule has 0 unspecified atom stereocenters. The van der Waals surface area contributed by atoms with Crippen LogP contribution < -0.4 is 4.90 Å². The molecule has 2 aromatic heterocycles. The molecule has 0 atom stereocenters. The number of aromatic nitrogens is 2. The van der Waals surface area contributed by atoms with E-state index < -0.39 is 5.91 Å². The molecule has 0 N–H and O–H groups in total. The quantitative estimate of drug-likeness (QED) is 0.515. The maximum absolute atomic E-state index is 12.6. The van der Waals surface area contributed by atoms with Crippen LogP contribution in [0.5, 0.6) is 0 Å². The molecule has 0 radical (unpaired) electrons. The fraction of sp³-hybridized carbons (Fsp3) is 0. The summed E-state index contributed by atoms with van der Waals surface area (Å²) in [7, 11) is 0. The van der Waals surface area contributed by atoms with Crippen LogP contribution >= 0.6 is 15.9 Å². The molecular weight excluding hydrogens is 358 g/mol. The maximum Gasteiger partial charge on any atom is 0.271 e. The van der Waals surface area contributed by atoms with E-state index in [4.69, 9.17) is 5.26 Å². The first-order chi connectivity index (χ1) is 11.1. The highest BCUT2D eigenvalue weighted by atomic mass is 79.9. The van der Waals surface area contributed by atoms with Gasteiger partial charge in [0, 0.05) is 11.8 Å². The molecule has 23 heavy (non-hydrogen) atoms. The summed E-state index contributed by atoms with van der Waals surface area (Å²) in [5.41, 5.74) is 1.96. The first-order valence-electron chi connectivity index (χ1n) is 6.51. The smallest absolute Gasteiger partial charge is 0.268 e. The monoisotopic (exact) mass is 365 g/mol. The van der Waals surface area contributed by atoms with Crippen LogP contribution in [-0.4, -0.2) is 15.5 Å². The zero-order valence-corrected chi connectivity index (χ0v) is 13.2. The molecule has 0 spiro atoms. The number of rotatable bonds is 2. The Bertz CT molecular complexity index is 978. The van der Waals surface area contributed by atoms with Gasteiger partial charge < -0.3 is 0 Å². The fourth-order valence-electron chi connectivity index (χ4n) is 2.12. The summed E-state index contributed by atoms with van der Waals surface area (Å²) in [4.78, 5) is 13.6. The first-order valence-corrected chi connectivity index (χ1v) is 7.30. The van der Waals surface area contributed by atoms with E-state index in [9.17, 15) is 10.1 Å². The maximum atomic E-state index is 12.6. The van der Waals surface area contributed by atoms with Gasteiger partial charge in [-0.3, -0.25) is 4.79 Å². The molecule has 110 valence electrons. The third-order valence-corrected chi connectivity index (χ3v) is 3.89. The van der Waals surface area contributed by atoms with Crippen molar-refractivity contribution < 1.29 is 4.79 Å². The van der Waals surface area contributed by atoms with E-state index in [-0.39, 0.29) is 0 Å². The van der Waals surface area contributed by atoms with Gasteiger partial charge >= 0.3 is 0 Å². The van der Waals surface area contributed by atoms with Crippen molar-refractivity contribution in [3.63, 3.8) is 0 Å². The normalized spacial score (nSPS) is 10.0. The molecule has 1 aromatic carbocycles. The number of fused-ring (bicyclic) bond motifs is 1. The van der Waals surface area contributed by atoms with Gasteiger partial charge in [-0.1, -0.05) is 0 Å². The number of carbonyl (C=O) groups is 1. The second-order valence-corrected chi connectivity index (χ2v) is 5.49. The predicted molar refractivity (Wildman–Crippen MR) is 86.5 cm³/mol. The SMILES string of the molecule is N#Cc1ccc(N(C#N)C(=O)c2ccn3ncc(Br)c3c2)cc1. The number of nitriles is 2. The molecule has 0 bridgehead atoms. The van der Waals surface area contributed by atoms with Crippen LogP contribution in [0.2, 0.25) is 0 Å².